The van der Waals surface area contributed by atoms with Crippen molar-refractivity contribution in [2.75, 3.05) is 12.8 Å². The molecule has 17 heavy (non-hydrogen) atoms. The van der Waals surface area contributed by atoms with Gasteiger partial charge in [-0.25, -0.2) is 4.98 Å². The Hall–Kier alpha value is -1.07. The first-order chi connectivity index (χ1) is 8.19. The number of thiazole rings is 1. The Balaban J connectivity index is 2.04. The SMILES string of the molecule is COc1cccc(CCc2sc(N)nc2Br)c1. The van der Waals surface area contributed by atoms with Crippen LogP contribution < -0.4 is 10.5 Å². The molecule has 0 atom stereocenters. The molecule has 0 aliphatic rings. The smallest absolute Gasteiger partial charge is 0.181 e. The van der Waals surface area contributed by atoms with E-state index in [0.717, 1.165) is 23.2 Å². The number of ether oxygens (including phenoxy) is 1. The van der Waals surface area contributed by atoms with Crippen molar-refractivity contribution >= 4 is 32.4 Å². The summed E-state index contributed by atoms with van der Waals surface area (Å²) in [6.07, 6.45) is 1.89. The summed E-state index contributed by atoms with van der Waals surface area (Å²) >= 11 is 4.95. The number of benzene rings is 1. The first-order valence-corrected chi connectivity index (χ1v) is 6.83. The highest BCUT2D eigenvalue weighted by Gasteiger charge is 2.07. The van der Waals surface area contributed by atoms with E-state index in [0.29, 0.717) is 5.13 Å². The summed E-state index contributed by atoms with van der Waals surface area (Å²) in [5, 5.41) is 0.609. The molecule has 0 unspecified atom stereocenters. The average Bonchev–Trinajstić information content (AvgIpc) is 2.65. The van der Waals surface area contributed by atoms with Gasteiger partial charge in [0.05, 0.1) is 7.11 Å². The molecule has 90 valence electrons. The van der Waals surface area contributed by atoms with E-state index in [-0.39, 0.29) is 0 Å². The summed E-state index contributed by atoms with van der Waals surface area (Å²) < 4.78 is 6.06. The number of nitrogens with two attached hydrogens (primary N) is 1. The van der Waals surface area contributed by atoms with Gasteiger partial charge in [-0.15, -0.1) is 11.3 Å². The zero-order chi connectivity index (χ0) is 12.3. The molecule has 0 spiro atoms. The van der Waals surface area contributed by atoms with Crippen molar-refractivity contribution < 1.29 is 4.74 Å². The molecule has 2 N–H and O–H groups in total. The molecule has 0 saturated heterocycles. The highest BCUT2D eigenvalue weighted by atomic mass is 79.9. The molecule has 5 heteroatoms. The second-order valence-electron chi connectivity index (χ2n) is 3.62. The van der Waals surface area contributed by atoms with Crippen molar-refractivity contribution in [3.8, 4) is 5.75 Å². The molecule has 0 amide bonds. The number of hydrogen-bond acceptors (Lipinski definition) is 4. The van der Waals surface area contributed by atoms with Crippen LogP contribution >= 0.6 is 27.3 Å². The van der Waals surface area contributed by atoms with E-state index < -0.39 is 0 Å². The number of aryl methyl sites for hydroxylation is 2. The van der Waals surface area contributed by atoms with E-state index in [1.807, 2.05) is 12.1 Å². The molecule has 1 aromatic heterocycles. The lowest BCUT2D eigenvalue weighted by atomic mass is 10.1. The summed E-state index contributed by atoms with van der Waals surface area (Å²) in [5.41, 5.74) is 6.90. The summed E-state index contributed by atoms with van der Waals surface area (Å²) in [4.78, 5) is 5.33. The molecule has 0 fully saturated rings. The minimum Gasteiger partial charge on any atom is -0.497 e. The van der Waals surface area contributed by atoms with E-state index in [9.17, 15) is 0 Å². The van der Waals surface area contributed by atoms with Crippen LogP contribution in [-0.2, 0) is 12.8 Å². The molecule has 0 aliphatic heterocycles. The number of rotatable bonds is 4. The van der Waals surface area contributed by atoms with Crippen molar-refractivity contribution in [3.63, 3.8) is 0 Å². The maximum atomic E-state index is 5.65. The van der Waals surface area contributed by atoms with Gasteiger partial charge in [-0.2, -0.15) is 0 Å². The van der Waals surface area contributed by atoms with Crippen LogP contribution in [0.15, 0.2) is 28.9 Å². The molecular weight excluding hydrogens is 300 g/mol. The Labute approximate surface area is 113 Å². The molecule has 0 aliphatic carbocycles. The molecular formula is C12H13BrN2OS. The Morgan fingerprint density at radius 3 is 2.88 bits per heavy atom. The van der Waals surface area contributed by atoms with Crippen LogP contribution in [0.2, 0.25) is 0 Å². The minimum absolute atomic E-state index is 0.609. The molecule has 2 rings (SSSR count). The van der Waals surface area contributed by atoms with E-state index in [4.69, 9.17) is 10.5 Å². The number of nitrogen functional groups attached to an aromatic ring is 1. The monoisotopic (exact) mass is 312 g/mol. The normalized spacial score (nSPS) is 10.5. The maximum absolute atomic E-state index is 5.65. The zero-order valence-corrected chi connectivity index (χ0v) is 11.8. The Bertz CT molecular complexity index is 513. The molecule has 1 heterocycles. The summed E-state index contributed by atoms with van der Waals surface area (Å²) in [5.74, 6) is 0.894. The lowest BCUT2D eigenvalue weighted by Crippen LogP contribution is -1.91. The topological polar surface area (TPSA) is 48.1 Å². The first-order valence-electron chi connectivity index (χ1n) is 5.22. The van der Waals surface area contributed by atoms with Gasteiger partial charge in [0, 0.05) is 4.88 Å². The second kappa shape index (κ2) is 5.51. The number of hydrogen-bond donors (Lipinski definition) is 1. The van der Waals surface area contributed by atoms with Crippen LogP contribution in [-0.4, -0.2) is 12.1 Å². The fourth-order valence-electron chi connectivity index (χ4n) is 1.59. The van der Waals surface area contributed by atoms with Crippen molar-refractivity contribution in [1.82, 2.24) is 4.98 Å². The Morgan fingerprint density at radius 2 is 2.24 bits per heavy atom. The fraction of sp³-hybridized carbons (Fsp3) is 0.250. The quantitative estimate of drug-likeness (QED) is 0.942. The molecule has 0 saturated carbocycles. The molecule has 3 nitrogen and oxygen atoms in total. The minimum atomic E-state index is 0.609. The third-order valence-electron chi connectivity index (χ3n) is 2.44. The lowest BCUT2D eigenvalue weighted by Gasteiger charge is -2.03. The highest BCUT2D eigenvalue weighted by molar-refractivity contribution is 9.10. The number of methoxy groups -OCH3 is 1. The first kappa shape index (κ1) is 12.4. The van der Waals surface area contributed by atoms with Gasteiger partial charge < -0.3 is 10.5 Å². The van der Waals surface area contributed by atoms with Crippen molar-refractivity contribution in [3.05, 3.63) is 39.3 Å². The average molecular weight is 313 g/mol. The van der Waals surface area contributed by atoms with Gasteiger partial charge in [0.15, 0.2) is 5.13 Å². The van der Waals surface area contributed by atoms with Gasteiger partial charge in [0.1, 0.15) is 10.4 Å². The third kappa shape index (κ3) is 3.20. The van der Waals surface area contributed by atoms with E-state index >= 15 is 0 Å². The van der Waals surface area contributed by atoms with E-state index in [1.54, 1.807) is 7.11 Å². The summed E-state index contributed by atoms with van der Waals surface area (Å²) in [6.45, 7) is 0. The predicted octanol–water partition coefficient (Wildman–Crippen LogP) is 3.28. The van der Waals surface area contributed by atoms with Crippen LogP contribution in [0.1, 0.15) is 10.4 Å². The van der Waals surface area contributed by atoms with E-state index in [1.165, 1.54) is 21.8 Å². The van der Waals surface area contributed by atoms with Crippen LogP contribution in [0.25, 0.3) is 0 Å². The van der Waals surface area contributed by atoms with Crippen LogP contribution in [0.5, 0.6) is 5.75 Å². The largest absolute Gasteiger partial charge is 0.497 e. The van der Waals surface area contributed by atoms with Crippen molar-refractivity contribution in [1.29, 1.82) is 0 Å². The number of halogens is 1. The van der Waals surface area contributed by atoms with Gasteiger partial charge in [0.25, 0.3) is 0 Å². The standard InChI is InChI=1S/C12H13BrN2OS/c1-16-9-4-2-3-8(7-9)5-6-10-11(13)15-12(14)17-10/h2-4,7H,5-6H2,1H3,(H2,14,15). The van der Waals surface area contributed by atoms with Gasteiger partial charge >= 0.3 is 0 Å². The van der Waals surface area contributed by atoms with Crippen LogP contribution in [0, 0.1) is 0 Å². The molecule has 0 bridgehead atoms. The zero-order valence-electron chi connectivity index (χ0n) is 9.44. The highest BCUT2D eigenvalue weighted by Crippen LogP contribution is 2.26. The van der Waals surface area contributed by atoms with Crippen LogP contribution in [0.3, 0.4) is 0 Å². The van der Waals surface area contributed by atoms with E-state index in [2.05, 4.69) is 33.0 Å². The van der Waals surface area contributed by atoms with Gasteiger partial charge in [-0.05, 0) is 46.5 Å². The maximum Gasteiger partial charge on any atom is 0.181 e. The van der Waals surface area contributed by atoms with Gasteiger partial charge in [-0.3, -0.25) is 0 Å². The third-order valence-corrected chi connectivity index (χ3v) is 4.30. The predicted molar refractivity (Wildman–Crippen MR) is 74.6 cm³/mol. The Kier molecular flexibility index (Phi) is 4.02. The number of aromatic nitrogens is 1. The second-order valence-corrected chi connectivity index (χ2v) is 5.48. The molecule has 0 radical (unpaired) electrons. The lowest BCUT2D eigenvalue weighted by molar-refractivity contribution is 0.414. The Morgan fingerprint density at radius 1 is 1.41 bits per heavy atom. The van der Waals surface area contributed by atoms with Gasteiger partial charge in [0.2, 0.25) is 0 Å². The molecule has 1 aromatic carbocycles. The number of anilines is 1. The van der Waals surface area contributed by atoms with Gasteiger partial charge in [-0.1, -0.05) is 12.1 Å². The number of nitrogens with zero attached hydrogens (tertiary/aromatic N) is 1. The fourth-order valence-corrected chi connectivity index (χ4v) is 3.06. The molecule has 2 aromatic rings. The van der Waals surface area contributed by atoms with Crippen molar-refractivity contribution in [2.45, 2.75) is 12.8 Å². The van der Waals surface area contributed by atoms with Crippen molar-refractivity contribution in [2.24, 2.45) is 0 Å². The van der Waals surface area contributed by atoms with Crippen LogP contribution in [0.4, 0.5) is 5.13 Å². The summed E-state index contributed by atoms with van der Waals surface area (Å²) in [6, 6.07) is 8.10. The summed E-state index contributed by atoms with van der Waals surface area (Å²) in [7, 11) is 1.68.